The number of hydrogen-bond donors (Lipinski definition) is 1. The summed E-state index contributed by atoms with van der Waals surface area (Å²) in [7, 11) is 0.155. The molecule has 0 aliphatic carbocycles. The number of likely N-dealkylation sites (tertiary alicyclic amines) is 1. The predicted octanol–water partition coefficient (Wildman–Crippen LogP) is 5.27. The maximum Gasteiger partial charge on any atom is 0.416 e. The van der Waals surface area contributed by atoms with Gasteiger partial charge in [0.2, 0.25) is 0 Å². The van der Waals surface area contributed by atoms with E-state index in [0.717, 1.165) is 6.07 Å². The Hall–Kier alpha value is -1.89. The van der Waals surface area contributed by atoms with Gasteiger partial charge in [-0.1, -0.05) is 30.1 Å². The monoisotopic (exact) mass is 595 g/mol. The molecule has 0 aromatic heterocycles. The fraction of sp³-hybridized carbons (Fsp3) is 0.480. The van der Waals surface area contributed by atoms with E-state index >= 15 is 0 Å². The molecular formula is C25H30Cl2F3N3O4S. The Morgan fingerprint density at radius 3 is 2.34 bits per heavy atom. The van der Waals surface area contributed by atoms with Crippen molar-refractivity contribution in [3.8, 4) is 0 Å². The van der Waals surface area contributed by atoms with Gasteiger partial charge < -0.3 is 20.1 Å². The number of amides is 1. The van der Waals surface area contributed by atoms with Gasteiger partial charge in [-0.25, -0.2) is 8.42 Å². The molecule has 210 valence electrons. The minimum absolute atomic E-state index is 0.0310. The van der Waals surface area contributed by atoms with Crippen molar-refractivity contribution in [2.75, 3.05) is 32.9 Å². The number of alkyl halides is 3. The first-order valence-corrected chi connectivity index (χ1v) is 14.4. The number of nitrogens with one attached hydrogen (secondary N) is 1. The van der Waals surface area contributed by atoms with Crippen LogP contribution in [0.2, 0.25) is 10.0 Å². The summed E-state index contributed by atoms with van der Waals surface area (Å²) in [5, 5.41) is 15.6. The van der Waals surface area contributed by atoms with Crippen LogP contribution in [0.25, 0.3) is 0 Å². The fourth-order valence-electron chi connectivity index (χ4n) is 4.59. The Morgan fingerprint density at radius 2 is 1.79 bits per heavy atom. The van der Waals surface area contributed by atoms with E-state index in [4.69, 9.17) is 23.2 Å². The van der Waals surface area contributed by atoms with Crippen molar-refractivity contribution in [2.24, 2.45) is 0 Å². The summed E-state index contributed by atoms with van der Waals surface area (Å²) in [5.41, 5.74) is -1.66. The number of nitrogens with zero attached hydrogens (tertiary/aromatic N) is 2. The standard InChI is InChI=1S/C25H30Cl2F3N3O4S/c1-4-38(36,37)23-6-5-18(26)11-17(23)14-31-24(34)16-12-21(25(28,29)30)20(22(27)13-16)15-33(35)9-7-19(8-10-33)32(2)3/h5-6,11-13,19H,4,7-10,14-15H2,1-3H3,(H,31,34). The molecule has 0 atom stereocenters. The molecule has 1 amide bonds. The normalized spacial score (nSPS) is 20.5. The molecular weight excluding hydrogens is 566 g/mol. The molecule has 1 heterocycles. The molecule has 1 saturated heterocycles. The molecule has 13 heteroatoms. The maximum absolute atomic E-state index is 14.0. The van der Waals surface area contributed by atoms with E-state index < -0.39 is 38.7 Å². The third kappa shape index (κ3) is 7.19. The summed E-state index contributed by atoms with van der Waals surface area (Å²) in [4.78, 5) is 14.8. The van der Waals surface area contributed by atoms with Gasteiger partial charge in [0.05, 0.1) is 34.3 Å². The Morgan fingerprint density at radius 1 is 1.16 bits per heavy atom. The number of halogens is 5. The van der Waals surface area contributed by atoms with Crippen molar-refractivity contribution in [2.45, 2.75) is 50.0 Å². The van der Waals surface area contributed by atoms with Gasteiger partial charge in [0.1, 0.15) is 6.54 Å². The molecule has 3 rings (SSSR count). The van der Waals surface area contributed by atoms with E-state index in [0.29, 0.717) is 18.9 Å². The number of sulfone groups is 1. The number of hydrogen-bond acceptors (Lipinski definition) is 5. The molecule has 1 N–H and O–H groups in total. The molecule has 1 aliphatic heterocycles. The number of benzene rings is 2. The second kappa shape index (κ2) is 11.7. The summed E-state index contributed by atoms with van der Waals surface area (Å²) in [6.07, 6.45) is -3.75. The molecule has 0 saturated carbocycles. The van der Waals surface area contributed by atoms with Gasteiger partial charge in [0.25, 0.3) is 5.91 Å². The predicted molar refractivity (Wildman–Crippen MR) is 141 cm³/mol. The molecule has 2 aromatic carbocycles. The number of piperidine rings is 1. The van der Waals surface area contributed by atoms with Crippen LogP contribution in [0.3, 0.4) is 0 Å². The zero-order valence-corrected chi connectivity index (χ0v) is 23.6. The molecule has 0 radical (unpaired) electrons. The van der Waals surface area contributed by atoms with Crippen molar-refractivity contribution in [1.29, 1.82) is 0 Å². The molecule has 0 bridgehead atoms. The van der Waals surface area contributed by atoms with Crippen molar-refractivity contribution in [1.82, 2.24) is 10.2 Å². The highest BCUT2D eigenvalue weighted by molar-refractivity contribution is 7.91. The quantitative estimate of drug-likeness (QED) is 0.331. The number of carbonyl (C=O) groups is 1. The Bertz CT molecular complexity index is 1300. The van der Waals surface area contributed by atoms with Crippen LogP contribution >= 0.6 is 23.2 Å². The minimum atomic E-state index is -4.86. The maximum atomic E-state index is 14.0. The van der Waals surface area contributed by atoms with E-state index in [-0.39, 0.29) is 63.1 Å². The molecule has 7 nitrogen and oxygen atoms in total. The summed E-state index contributed by atoms with van der Waals surface area (Å²) < 4.78 is 66.1. The first-order valence-electron chi connectivity index (χ1n) is 12.0. The van der Waals surface area contributed by atoms with Gasteiger partial charge in [-0.2, -0.15) is 13.2 Å². The van der Waals surface area contributed by atoms with Gasteiger partial charge in [0.15, 0.2) is 9.84 Å². The van der Waals surface area contributed by atoms with Crippen LogP contribution in [0, 0.1) is 5.21 Å². The molecule has 1 fully saturated rings. The van der Waals surface area contributed by atoms with Crippen LogP contribution in [-0.2, 0) is 29.1 Å². The van der Waals surface area contributed by atoms with Crippen LogP contribution in [0.4, 0.5) is 13.2 Å². The summed E-state index contributed by atoms with van der Waals surface area (Å²) in [6, 6.07) is 6.06. The topological polar surface area (TPSA) is 89.5 Å². The third-order valence-electron chi connectivity index (χ3n) is 6.86. The second-order valence-corrected chi connectivity index (χ2v) is 12.8. The van der Waals surface area contributed by atoms with Gasteiger partial charge in [-0.05, 0) is 50.0 Å². The largest absolute Gasteiger partial charge is 0.633 e. The van der Waals surface area contributed by atoms with Gasteiger partial charge in [-0.15, -0.1) is 0 Å². The highest BCUT2D eigenvalue weighted by Gasteiger charge is 2.38. The number of carbonyl (C=O) groups excluding carboxylic acids is 1. The lowest BCUT2D eigenvalue weighted by atomic mass is 9.99. The van der Waals surface area contributed by atoms with E-state index in [2.05, 4.69) is 5.32 Å². The van der Waals surface area contributed by atoms with E-state index in [1.165, 1.54) is 25.1 Å². The second-order valence-electron chi connectivity index (χ2n) is 9.68. The first kappa shape index (κ1) is 30.6. The fourth-order valence-corrected chi connectivity index (χ4v) is 6.18. The van der Waals surface area contributed by atoms with Crippen LogP contribution in [0.15, 0.2) is 35.2 Å². The van der Waals surface area contributed by atoms with Crippen molar-refractivity contribution in [3.63, 3.8) is 0 Å². The number of hydroxylamine groups is 3. The zero-order valence-electron chi connectivity index (χ0n) is 21.2. The first-order chi connectivity index (χ1) is 17.6. The lowest BCUT2D eigenvalue weighted by molar-refractivity contribution is -0.899. The highest BCUT2D eigenvalue weighted by Crippen LogP contribution is 2.38. The molecule has 38 heavy (non-hydrogen) atoms. The summed E-state index contributed by atoms with van der Waals surface area (Å²) in [5.74, 6) is -1.07. The smallest absolute Gasteiger partial charge is 0.416 e. The Kier molecular flexibility index (Phi) is 9.43. The molecule has 0 unspecified atom stereocenters. The summed E-state index contributed by atoms with van der Waals surface area (Å²) >= 11 is 12.2. The highest BCUT2D eigenvalue weighted by atomic mass is 35.5. The van der Waals surface area contributed by atoms with Crippen LogP contribution in [0.1, 0.15) is 46.8 Å². The van der Waals surface area contributed by atoms with Crippen molar-refractivity contribution < 1.29 is 31.0 Å². The summed E-state index contributed by atoms with van der Waals surface area (Å²) in [6.45, 7) is 1.02. The molecule has 0 spiro atoms. The van der Waals surface area contributed by atoms with Gasteiger partial charge in [0, 0.05) is 41.6 Å². The number of quaternary nitrogens is 1. The SMILES string of the molecule is CCS(=O)(=O)c1ccc(Cl)cc1CNC(=O)c1cc(Cl)c(C[N+]2([O-])CCC(N(C)C)CC2)c(C(F)(F)F)c1. The molecule has 1 aliphatic rings. The third-order valence-corrected chi connectivity index (χ3v) is 9.26. The average molecular weight is 596 g/mol. The van der Waals surface area contributed by atoms with Gasteiger partial charge in [-0.3, -0.25) is 4.79 Å². The van der Waals surface area contributed by atoms with E-state index in [1.54, 1.807) is 0 Å². The number of rotatable bonds is 8. The molecule has 2 aromatic rings. The van der Waals surface area contributed by atoms with E-state index in [1.807, 2.05) is 19.0 Å². The van der Waals surface area contributed by atoms with Gasteiger partial charge >= 0.3 is 6.18 Å². The van der Waals surface area contributed by atoms with Crippen LogP contribution < -0.4 is 5.32 Å². The zero-order chi connectivity index (χ0) is 28.5. The van der Waals surface area contributed by atoms with Crippen LogP contribution in [0.5, 0.6) is 0 Å². The van der Waals surface area contributed by atoms with E-state index in [9.17, 15) is 31.6 Å². The lowest BCUT2D eigenvalue weighted by Gasteiger charge is -2.48. The van der Waals surface area contributed by atoms with Crippen molar-refractivity contribution >= 4 is 38.9 Å². The Balaban J connectivity index is 1.87. The average Bonchev–Trinajstić information content (AvgIpc) is 2.83. The Labute approximate surface area is 230 Å². The van der Waals surface area contributed by atoms with Crippen LogP contribution in [-0.4, -0.2) is 62.9 Å². The van der Waals surface area contributed by atoms with Crippen molar-refractivity contribution in [3.05, 3.63) is 67.8 Å². The minimum Gasteiger partial charge on any atom is -0.633 e. The lowest BCUT2D eigenvalue weighted by Crippen LogP contribution is -2.51.